The highest BCUT2D eigenvalue weighted by atomic mass is 16.5. The van der Waals surface area contributed by atoms with Crippen molar-refractivity contribution in [2.45, 2.75) is 51.1 Å². The summed E-state index contributed by atoms with van der Waals surface area (Å²) >= 11 is 0. The first-order chi connectivity index (χ1) is 13.6. The monoisotopic (exact) mass is 384 g/mol. The molecule has 3 heterocycles. The summed E-state index contributed by atoms with van der Waals surface area (Å²) in [6.45, 7) is 7.54. The largest absolute Gasteiger partial charge is 0.465 e. The molecule has 1 amide bonds. The normalized spacial score (nSPS) is 23.2. The number of carbonyl (C=O) groups is 1. The van der Waals surface area contributed by atoms with Gasteiger partial charge in [0.05, 0.1) is 29.9 Å². The van der Waals surface area contributed by atoms with Crippen LogP contribution in [0.2, 0.25) is 0 Å². The van der Waals surface area contributed by atoms with Crippen LogP contribution in [0.15, 0.2) is 12.1 Å². The van der Waals surface area contributed by atoms with E-state index in [9.17, 15) is 9.90 Å². The van der Waals surface area contributed by atoms with E-state index in [0.717, 1.165) is 74.5 Å². The number of hydrogen-bond donors (Lipinski definition) is 1. The molecule has 1 aromatic carbocycles. The van der Waals surface area contributed by atoms with Crippen LogP contribution in [0, 0.1) is 0 Å². The average Bonchev–Trinajstić information content (AvgIpc) is 3.47. The van der Waals surface area contributed by atoms with E-state index < -0.39 is 6.09 Å². The number of hydrogen-bond acceptors (Lipinski definition) is 4. The topological polar surface area (TPSA) is 70.8 Å². The zero-order chi connectivity index (χ0) is 19.3. The number of aromatic nitrogens is 2. The predicted octanol–water partition coefficient (Wildman–Crippen LogP) is 3.07. The second-order valence-corrected chi connectivity index (χ2v) is 8.32. The van der Waals surface area contributed by atoms with Crippen LogP contribution in [0.3, 0.4) is 0 Å². The van der Waals surface area contributed by atoms with Crippen molar-refractivity contribution >= 4 is 22.8 Å². The highest BCUT2D eigenvalue weighted by Crippen LogP contribution is 2.43. The number of ether oxygens (including phenoxy) is 1. The molecule has 7 nitrogen and oxygen atoms in total. The van der Waals surface area contributed by atoms with Gasteiger partial charge < -0.3 is 14.4 Å². The van der Waals surface area contributed by atoms with Gasteiger partial charge in [0, 0.05) is 43.7 Å². The van der Waals surface area contributed by atoms with Gasteiger partial charge in [0.25, 0.3) is 0 Å². The lowest BCUT2D eigenvalue weighted by molar-refractivity contribution is 0.0364. The van der Waals surface area contributed by atoms with Crippen LogP contribution < -0.4 is 4.90 Å². The number of aryl methyl sites for hydroxylation is 1. The maximum Gasteiger partial charge on any atom is 0.412 e. The van der Waals surface area contributed by atoms with E-state index in [4.69, 9.17) is 9.72 Å². The second kappa shape index (κ2) is 7.04. The molecule has 150 valence electrons. The Balaban J connectivity index is 1.53. The number of morpholine rings is 1. The van der Waals surface area contributed by atoms with Crippen LogP contribution in [0.4, 0.5) is 10.5 Å². The molecular weight excluding hydrogens is 356 g/mol. The van der Waals surface area contributed by atoms with E-state index in [2.05, 4.69) is 15.5 Å². The Hall–Kier alpha value is -2.12. The van der Waals surface area contributed by atoms with Gasteiger partial charge >= 0.3 is 6.09 Å². The smallest absolute Gasteiger partial charge is 0.412 e. The quantitative estimate of drug-likeness (QED) is 0.877. The van der Waals surface area contributed by atoms with Crippen molar-refractivity contribution in [1.82, 2.24) is 14.5 Å². The third-order valence-corrected chi connectivity index (χ3v) is 6.43. The molecule has 1 atom stereocenters. The van der Waals surface area contributed by atoms with Gasteiger partial charge in [-0.15, -0.1) is 0 Å². The number of fused-ring (bicyclic) bond motifs is 3. The summed E-state index contributed by atoms with van der Waals surface area (Å²) in [5.41, 5.74) is 4.09. The predicted molar refractivity (Wildman–Crippen MR) is 107 cm³/mol. The molecule has 1 N–H and O–H groups in total. The minimum atomic E-state index is -0.873. The number of rotatable bonds is 4. The Morgan fingerprint density at radius 2 is 2.00 bits per heavy atom. The van der Waals surface area contributed by atoms with Crippen LogP contribution in [0.25, 0.3) is 11.0 Å². The van der Waals surface area contributed by atoms with Crippen LogP contribution in [-0.2, 0) is 17.7 Å². The number of nitrogens with zero attached hydrogens (tertiary/aromatic N) is 4. The van der Waals surface area contributed by atoms with Gasteiger partial charge in [-0.3, -0.25) is 9.80 Å². The van der Waals surface area contributed by atoms with Gasteiger partial charge in [0.15, 0.2) is 0 Å². The fourth-order valence-corrected chi connectivity index (χ4v) is 4.69. The second-order valence-electron chi connectivity index (χ2n) is 8.32. The zero-order valence-corrected chi connectivity index (χ0v) is 16.4. The number of amides is 1. The molecular formula is C21H28N4O3. The van der Waals surface area contributed by atoms with Crippen molar-refractivity contribution in [3.05, 3.63) is 23.5 Å². The highest BCUT2D eigenvalue weighted by molar-refractivity contribution is 5.94. The van der Waals surface area contributed by atoms with E-state index in [-0.39, 0.29) is 6.04 Å². The Labute approximate surface area is 164 Å². The van der Waals surface area contributed by atoms with Crippen LogP contribution in [0.1, 0.15) is 43.5 Å². The SMILES string of the molecule is CC1CCc2c(ccc3c2nc(C2CC2)n3CCN2CCOCC2)N1C(=O)O. The van der Waals surface area contributed by atoms with E-state index in [1.54, 1.807) is 0 Å². The van der Waals surface area contributed by atoms with Crippen LogP contribution >= 0.6 is 0 Å². The number of carboxylic acid groups (broad SMARTS) is 1. The van der Waals surface area contributed by atoms with E-state index in [0.29, 0.717) is 5.92 Å². The first-order valence-corrected chi connectivity index (χ1v) is 10.5. The van der Waals surface area contributed by atoms with Crippen molar-refractivity contribution < 1.29 is 14.6 Å². The fraction of sp³-hybridized carbons (Fsp3) is 0.619. The lowest BCUT2D eigenvalue weighted by atomic mass is 9.96. The van der Waals surface area contributed by atoms with Gasteiger partial charge in [-0.1, -0.05) is 0 Å². The summed E-state index contributed by atoms with van der Waals surface area (Å²) in [6.07, 6.45) is 3.28. The van der Waals surface area contributed by atoms with Gasteiger partial charge in [0.1, 0.15) is 5.82 Å². The Bertz CT molecular complexity index is 899. The molecule has 1 unspecified atom stereocenters. The fourth-order valence-electron chi connectivity index (χ4n) is 4.69. The van der Waals surface area contributed by atoms with E-state index in [1.807, 2.05) is 13.0 Å². The van der Waals surface area contributed by atoms with E-state index >= 15 is 0 Å². The van der Waals surface area contributed by atoms with Crippen molar-refractivity contribution in [3.8, 4) is 0 Å². The van der Waals surface area contributed by atoms with Crippen molar-refractivity contribution in [2.24, 2.45) is 0 Å². The molecule has 7 heteroatoms. The summed E-state index contributed by atoms with van der Waals surface area (Å²) in [7, 11) is 0. The molecule has 1 saturated heterocycles. The van der Waals surface area contributed by atoms with E-state index in [1.165, 1.54) is 23.6 Å². The van der Waals surface area contributed by atoms with Crippen molar-refractivity contribution in [1.29, 1.82) is 0 Å². The summed E-state index contributed by atoms with van der Waals surface area (Å²) in [5.74, 6) is 1.75. The molecule has 0 radical (unpaired) electrons. The molecule has 28 heavy (non-hydrogen) atoms. The standard InChI is InChI=1S/C21H28N4O3/c1-14-2-5-16-17(25(14)21(26)27)6-7-18-19(16)22-20(15-3-4-15)24(18)9-8-23-10-12-28-13-11-23/h6-7,14-15H,2-5,8-13H2,1H3,(H,26,27). The molecule has 1 aliphatic carbocycles. The van der Waals surface area contributed by atoms with Crippen molar-refractivity contribution in [3.63, 3.8) is 0 Å². The average molecular weight is 384 g/mol. The third-order valence-electron chi connectivity index (χ3n) is 6.43. The number of anilines is 1. The first kappa shape index (κ1) is 17.9. The maximum atomic E-state index is 11.8. The molecule has 0 spiro atoms. The Morgan fingerprint density at radius 1 is 1.21 bits per heavy atom. The van der Waals surface area contributed by atoms with Crippen LogP contribution in [-0.4, -0.2) is 64.5 Å². The molecule has 2 fully saturated rings. The molecule has 1 saturated carbocycles. The lowest BCUT2D eigenvalue weighted by Crippen LogP contribution is -2.41. The molecule has 3 aliphatic rings. The summed E-state index contributed by atoms with van der Waals surface area (Å²) < 4.78 is 7.86. The molecule has 1 aromatic heterocycles. The minimum Gasteiger partial charge on any atom is -0.465 e. The minimum absolute atomic E-state index is 0.00811. The highest BCUT2D eigenvalue weighted by Gasteiger charge is 2.33. The van der Waals surface area contributed by atoms with Crippen molar-refractivity contribution in [2.75, 3.05) is 37.7 Å². The van der Waals surface area contributed by atoms with Gasteiger partial charge in [-0.05, 0) is 44.7 Å². The molecule has 2 aliphatic heterocycles. The molecule has 2 aromatic rings. The summed E-state index contributed by atoms with van der Waals surface area (Å²) in [6, 6.07) is 4.08. The zero-order valence-electron chi connectivity index (χ0n) is 16.4. The Morgan fingerprint density at radius 3 is 2.71 bits per heavy atom. The number of benzene rings is 1. The Kier molecular flexibility index (Phi) is 4.51. The summed E-state index contributed by atoms with van der Waals surface area (Å²) in [4.78, 5) is 20.9. The molecule has 0 bridgehead atoms. The maximum absolute atomic E-state index is 11.8. The first-order valence-electron chi connectivity index (χ1n) is 10.5. The lowest BCUT2D eigenvalue weighted by Gasteiger charge is -2.33. The van der Waals surface area contributed by atoms with Gasteiger partial charge in [-0.2, -0.15) is 0 Å². The third kappa shape index (κ3) is 3.06. The van der Waals surface area contributed by atoms with Gasteiger partial charge in [-0.25, -0.2) is 9.78 Å². The summed E-state index contributed by atoms with van der Waals surface area (Å²) in [5, 5.41) is 9.70. The molecule has 5 rings (SSSR count). The number of imidazole rings is 1. The van der Waals surface area contributed by atoms with Crippen LogP contribution in [0.5, 0.6) is 0 Å². The van der Waals surface area contributed by atoms with Gasteiger partial charge in [0.2, 0.25) is 0 Å².